The Hall–Kier alpha value is -3.19. The van der Waals surface area contributed by atoms with Crippen LogP contribution in [-0.2, 0) is 4.74 Å². The zero-order valence-electron chi connectivity index (χ0n) is 18.6. The highest BCUT2D eigenvalue weighted by molar-refractivity contribution is 6.09. The number of halogens is 1. The number of aromatic nitrogens is 1. The van der Waals surface area contributed by atoms with E-state index in [0.717, 1.165) is 33.8 Å². The molecule has 1 fully saturated rings. The zero-order chi connectivity index (χ0) is 22.8. The molecule has 0 amide bonds. The van der Waals surface area contributed by atoms with Gasteiger partial charge in [0.2, 0.25) is 0 Å². The molecule has 32 heavy (non-hydrogen) atoms. The average molecular weight is 437 g/mol. The fraction of sp³-hybridized carbons (Fsp3) is 0.360. The van der Waals surface area contributed by atoms with Crippen molar-refractivity contribution >= 4 is 23.7 Å². The summed E-state index contributed by atoms with van der Waals surface area (Å²) in [5, 5.41) is 23.8. The van der Waals surface area contributed by atoms with E-state index < -0.39 is 0 Å². The summed E-state index contributed by atoms with van der Waals surface area (Å²) in [5.41, 5.74) is 3.89. The molecule has 1 aliphatic heterocycles. The van der Waals surface area contributed by atoms with Gasteiger partial charge >= 0.3 is 0 Å². The summed E-state index contributed by atoms with van der Waals surface area (Å²) < 4.78 is 19.4. The molecule has 6 nitrogen and oxygen atoms in total. The highest BCUT2D eigenvalue weighted by Gasteiger charge is 2.25. The average Bonchev–Trinajstić information content (AvgIpc) is 3.09. The van der Waals surface area contributed by atoms with Crippen LogP contribution in [0, 0.1) is 24.1 Å². The smallest absolute Gasteiger partial charge is 0.198 e. The van der Waals surface area contributed by atoms with Gasteiger partial charge in [-0.1, -0.05) is 25.1 Å². The molecule has 0 bridgehead atoms. The van der Waals surface area contributed by atoms with Gasteiger partial charge in [0.25, 0.3) is 0 Å². The first kappa shape index (κ1) is 22.0. The predicted molar refractivity (Wildman–Crippen MR) is 125 cm³/mol. The lowest BCUT2D eigenvalue weighted by molar-refractivity contribution is 0.132. The quantitative estimate of drug-likeness (QED) is 0.439. The number of nitrogens with one attached hydrogen (secondary N) is 3. The normalized spacial score (nSPS) is 22.0. The molecule has 1 saturated heterocycles. The summed E-state index contributed by atoms with van der Waals surface area (Å²) in [6, 6.07) is 4.89. The van der Waals surface area contributed by atoms with Crippen LogP contribution in [0.3, 0.4) is 0 Å². The van der Waals surface area contributed by atoms with Crippen molar-refractivity contribution in [1.82, 2.24) is 10.3 Å². The minimum absolute atomic E-state index is 0.0184. The number of benzene rings is 1. The van der Waals surface area contributed by atoms with Crippen LogP contribution in [0.5, 0.6) is 5.88 Å². The Labute approximate surface area is 186 Å². The lowest BCUT2D eigenvalue weighted by Gasteiger charge is -2.25. The summed E-state index contributed by atoms with van der Waals surface area (Å²) in [6.45, 7) is 7.66. The van der Waals surface area contributed by atoms with Crippen molar-refractivity contribution in [2.45, 2.75) is 33.1 Å². The Morgan fingerprint density at radius 2 is 2.19 bits per heavy atom. The largest absolute Gasteiger partial charge is 0.494 e. The third kappa shape index (κ3) is 4.39. The lowest BCUT2D eigenvalue weighted by atomic mass is 9.79. The molecule has 1 aromatic heterocycles. The fourth-order valence-electron chi connectivity index (χ4n) is 4.52. The fourth-order valence-corrected chi connectivity index (χ4v) is 4.52. The Kier molecular flexibility index (Phi) is 6.28. The molecule has 4 rings (SSSR count). The van der Waals surface area contributed by atoms with E-state index in [-0.39, 0.29) is 29.4 Å². The maximum Gasteiger partial charge on any atom is 0.198 e. The number of amidine groups is 1. The summed E-state index contributed by atoms with van der Waals surface area (Å²) >= 11 is 0. The number of morpholine rings is 1. The second-order valence-electron chi connectivity index (χ2n) is 8.34. The molecule has 2 aliphatic rings. The molecule has 4 N–H and O–H groups in total. The van der Waals surface area contributed by atoms with Gasteiger partial charge in [-0.05, 0) is 49.4 Å². The van der Waals surface area contributed by atoms with Crippen molar-refractivity contribution in [2.75, 3.05) is 19.8 Å². The maximum absolute atomic E-state index is 14.0. The van der Waals surface area contributed by atoms with Crippen LogP contribution < -0.4 is 15.9 Å². The number of aromatic hydroxyl groups is 1. The monoisotopic (exact) mass is 436 g/mol. The highest BCUT2D eigenvalue weighted by atomic mass is 19.1. The van der Waals surface area contributed by atoms with Crippen LogP contribution >= 0.6 is 0 Å². The van der Waals surface area contributed by atoms with Crippen molar-refractivity contribution < 1.29 is 14.2 Å². The first-order valence-electron chi connectivity index (χ1n) is 10.9. The first-order chi connectivity index (χ1) is 15.4. The molecular weight excluding hydrogens is 407 g/mol. The molecule has 168 valence electrons. The van der Waals surface area contributed by atoms with Crippen molar-refractivity contribution in [3.63, 3.8) is 0 Å². The highest BCUT2D eigenvalue weighted by Crippen LogP contribution is 2.34. The minimum Gasteiger partial charge on any atom is -0.494 e. The summed E-state index contributed by atoms with van der Waals surface area (Å²) in [7, 11) is 0. The number of aryl methyl sites for hydroxylation is 1. The van der Waals surface area contributed by atoms with Crippen LogP contribution in [0.15, 0.2) is 35.0 Å². The van der Waals surface area contributed by atoms with Crippen molar-refractivity contribution in [2.24, 2.45) is 10.9 Å². The van der Waals surface area contributed by atoms with Crippen molar-refractivity contribution in [3.8, 4) is 5.88 Å². The summed E-state index contributed by atoms with van der Waals surface area (Å²) in [4.78, 5) is 7.46. The SMILES string of the molecule is CCC1C=c2[nH]c(O)c(C(C)=NC(=N)/C=C3/COCCN3)c2=CC1c1cc(F)ccc1C. The van der Waals surface area contributed by atoms with Gasteiger partial charge in [0, 0.05) is 34.8 Å². The van der Waals surface area contributed by atoms with E-state index in [1.54, 1.807) is 25.1 Å². The standard InChI is InChI=1S/C25H29FN4O2/c1-4-16-9-22-21(12-20(16)19-10-17(26)6-5-14(19)2)24(25(31)30-22)15(3)29-23(27)11-18-13-32-8-7-28-18/h5-6,9-12,16,20,27-28,30-31H,4,7-8,13H2,1-3H3/b18-11-,27-23?,29-15?. The van der Waals surface area contributed by atoms with Crippen molar-refractivity contribution in [3.05, 3.63) is 63.0 Å². The number of ether oxygens (including phenoxy) is 1. The molecule has 1 aromatic carbocycles. The number of hydrogen-bond donors (Lipinski definition) is 4. The van der Waals surface area contributed by atoms with Gasteiger partial charge in [-0.3, -0.25) is 5.41 Å². The molecule has 2 aromatic rings. The van der Waals surface area contributed by atoms with Crippen LogP contribution in [0.4, 0.5) is 4.39 Å². The van der Waals surface area contributed by atoms with Gasteiger partial charge < -0.3 is 20.1 Å². The third-order valence-corrected chi connectivity index (χ3v) is 6.13. The molecule has 2 unspecified atom stereocenters. The topological polar surface area (TPSA) is 93.5 Å². The maximum atomic E-state index is 14.0. The molecule has 2 heterocycles. The number of nitrogens with zero attached hydrogens (tertiary/aromatic N) is 1. The van der Waals surface area contributed by atoms with E-state index in [1.165, 1.54) is 6.07 Å². The van der Waals surface area contributed by atoms with Crippen LogP contribution in [0.2, 0.25) is 0 Å². The number of hydrogen-bond acceptors (Lipinski definition) is 4. The number of rotatable bonds is 4. The van der Waals surface area contributed by atoms with E-state index >= 15 is 0 Å². The second-order valence-corrected chi connectivity index (χ2v) is 8.34. The van der Waals surface area contributed by atoms with Gasteiger partial charge in [0.05, 0.1) is 24.5 Å². The van der Waals surface area contributed by atoms with Gasteiger partial charge in [0.15, 0.2) is 5.88 Å². The molecule has 0 radical (unpaired) electrons. The number of H-pyrrole nitrogens is 1. The van der Waals surface area contributed by atoms with Gasteiger partial charge in [-0.2, -0.15) is 0 Å². The van der Waals surface area contributed by atoms with Crippen LogP contribution in [0.1, 0.15) is 42.9 Å². The third-order valence-electron chi connectivity index (χ3n) is 6.13. The van der Waals surface area contributed by atoms with Gasteiger partial charge in [-0.15, -0.1) is 0 Å². The second kappa shape index (κ2) is 9.12. The van der Waals surface area contributed by atoms with Crippen LogP contribution in [0.25, 0.3) is 12.2 Å². The van der Waals surface area contributed by atoms with E-state index in [2.05, 4.69) is 34.4 Å². The minimum atomic E-state index is -0.253. The molecule has 1 aliphatic carbocycles. The summed E-state index contributed by atoms with van der Waals surface area (Å²) in [5.74, 6) is 0.00127. The van der Waals surface area contributed by atoms with Crippen LogP contribution in [-0.4, -0.2) is 41.4 Å². The van der Waals surface area contributed by atoms with E-state index in [9.17, 15) is 9.50 Å². The first-order valence-corrected chi connectivity index (χ1v) is 10.9. The Morgan fingerprint density at radius 1 is 1.38 bits per heavy atom. The lowest BCUT2D eigenvalue weighted by Crippen LogP contribution is -2.34. The molecule has 7 heteroatoms. The number of fused-ring (bicyclic) bond motifs is 1. The van der Waals surface area contributed by atoms with E-state index in [4.69, 9.17) is 10.1 Å². The van der Waals surface area contributed by atoms with E-state index in [0.29, 0.717) is 31.0 Å². The Morgan fingerprint density at radius 3 is 2.91 bits per heavy atom. The van der Waals surface area contributed by atoms with Gasteiger partial charge in [-0.25, -0.2) is 9.38 Å². The number of aliphatic imine (C=N–C) groups is 1. The number of aromatic amines is 1. The van der Waals surface area contributed by atoms with Gasteiger partial charge in [0.1, 0.15) is 11.7 Å². The zero-order valence-corrected chi connectivity index (χ0v) is 18.6. The summed E-state index contributed by atoms with van der Waals surface area (Å²) in [6.07, 6.45) is 6.72. The predicted octanol–water partition coefficient (Wildman–Crippen LogP) is 2.84. The Balaban J connectivity index is 1.77. The molecular formula is C25H29FN4O2. The Bertz CT molecular complexity index is 1220. The molecule has 0 spiro atoms. The molecule has 0 saturated carbocycles. The van der Waals surface area contributed by atoms with E-state index in [1.807, 2.05) is 6.92 Å². The van der Waals surface area contributed by atoms with Crippen molar-refractivity contribution in [1.29, 1.82) is 5.41 Å². The molecule has 2 atom stereocenters.